The second-order valence-corrected chi connectivity index (χ2v) is 3.25. The highest BCUT2D eigenvalue weighted by atomic mass is 16.5. The van der Waals surface area contributed by atoms with E-state index in [0.717, 1.165) is 0 Å². The van der Waals surface area contributed by atoms with Crippen molar-refractivity contribution in [2.75, 3.05) is 0 Å². The highest BCUT2D eigenvalue weighted by Crippen LogP contribution is 2.26. The number of carboxylic acids is 1. The molecule has 0 aliphatic heterocycles. The predicted molar refractivity (Wildman–Crippen MR) is 41.9 cm³/mol. The van der Waals surface area contributed by atoms with E-state index in [0.29, 0.717) is 19.3 Å². The largest absolute Gasteiger partial charge is 0.481 e. The van der Waals surface area contributed by atoms with Crippen LogP contribution in [0.25, 0.3) is 0 Å². The molecule has 0 radical (unpaired) electrons. The maximum absolute atomic E-state index is 10.6. The van der Waals surface area contributed by atoms with Crippen LogP contribution in [-0.4, -0.2) is 34.9 Å². The minimum absolute atomic E-state index is 0.244. The number of hydrogen-bond acceptors (Lipinski definition) is 4. The Balaban J connectivity index is 2.51. The maximum Gasteiger partial charge on any atom is 0.306 e. The number of carbonyl (C=O) groups is 2. The van der Waals surface area contributed by atoms with Crippen LogP contribution in [0.3, 0.4) is 0 Å². The Morgan fingerprint density at radius 2 is 2.08 bits per heavy atom. The minimum Gasteiger partial charge on any atom is -0.481 e. The second-order valence-electron chi connectivity index (χ2n) is 3.25. The van der Waals surface area contributed by atoms with Gasteiger partial charge >= 0.3 is 5.97 Å². The van der Waals surface area contributed by atoms with E-state index in [-0.39, 0.29) is 6.42 Å². The van der Waals surface area contributed by atoms with Gasteiger partial charge in [-0.1, -0.05) is 0 Å². The molecule has 1 aliphatic rings. The lowest BCUT2D eigenvalue weighted by Crippen LogP contribution is -2.34. The number of carboxylic acid groups (broad SMARTS) is 1. The summed E-state index contributed by atoms with van der Waals surface area (Å²) in [6, 6.07) is 0. The fraction of sp³-hybridized carbons (Fsp3) is 0.750. The fourth-order valence-corrected chi connectivity index (χ4v) is 1.63. The Hall–Kier alpha value is -1.10. The average Bonchev–Trinajstić information content (AvgIpc) is 2.03. The molecule has 0 aromatic carbocycles. The molecule has 1 saturated carbocycles. The molecule has 1 aliphatic carbocycles. The number of ether oxygens (including phenoxy) is 1. The van der Waals surface area contributed by atoms with Crippen molar-refractivity contribution < 1.29 is 24.5 Å². The van der Waals surface area contributed by atoms with Gasteiger partial charge < -0.3 is 14.9 Å². The highest BCUT2D eigenvalue weighted by Gasteiger charge is 2.32. The van der Waals surface area contributed by atoms with Crippen LogP contribution in [0.15, 0.2) is 0 Å². The third-order valence-electron chi connectivity index (χ3n) is 2.24. The van der Waals surface area contributed by atoms with E-state index in [1.165, 1.54) is 0 Å². The highest BCUT2D eigenvalue weighted by molar-refractivity contribution is 5.70. The first-order valence-corrected chi connectivity index (χ1v) is 4.13. The van der Waals surface area contributed by atoms with Crippen molar-refractivity contribution in [3.8, 4) is 0 Å². The minimum atomic E-state index is -0.946. The SMILES string of the molecule is O=COC1CC(O)CC(C(=O)O)C1. The van der Waals surface area contributed by atoms with Gasteiger partial charge in [-0.15, -0.1) is 0 Å². The van der Waals surface area contributed by atoms with Gasteiger partial charge in [0.15, 0.2) is 0 Å². The molecular formula is C8H12O5. The molecule has 2 N–H and O–H groups in total. The number of hydrogen-bond donors (Lipinski definition) is 2. The van der Waals surface area contributed by atoms with Crippen LogP contribution < -0.4 is 0 Å². The lowest BCUT2D eigenvalue weighted by molar-refractivity contribution is -0.151. The van der Waals surface area contributed by atoms with Gasteiger partial charge in [-0.25, -0.2) is 0 Å². The summed E-state index contributed by atoms with van der Waals surface area (Å²) in [6.07, 6.45) is -0.260. The van der Waals surface area contributed by atoms with Crippen LogP contribution in [0.2, 0.25) is 0 Å². The van der Waals surface area contributed by atoms with E-state index >= 15 is 0 Å². The van der Waals surface area contributed by atoms with Crippen molar-refractivity contribution in [1.82, 2.24) is 0 Å². The summed E-state index contributed by atoms with van der Waals surface area (Å²) in [5, 5.41) is 18.0. The number of aliphatic hydroxyl groups excluding tert-OH is 1. The van der Waals surface area contributed by atoms with Crippen LogP contribution in [0.5, 0.6) is 0 Å². The monoisotopic (exact) mass is 188 g/mol. The van der Waals surface area contributed by atoms with Gasteiger partial charge in [0.25, 0.3) is 6.47 Å². The molecule has 0 bridgehead atoms. The van der Waals surface area contributed by atoms with Gasteiger partial charge in [0, 0.05) is 6.42 Å². The third-order valence-corrected chi connectivity index (χ3v) is 2.24. The van der Waals surface area contributed by atoms with Crippen molar-refractivity contribution in [2.45, 2.75) is 31.5 Å². The average molecular weight is 188 g/mol. The molecule has 3 unspecified atom stereocenters. The van der Waals surface area contributed by atoms with Crippen molar-refractivity contribution in [3.63, 3.8) is 0 Å². The molecule has 13 heavy (non-hydrogen) atoms. The van der Waals surface area contributed by atoms with Crippen LogP contribution in [0, 0.1) is 5.92 Å². The normalized spacial score (nSPS) is 33.8. The van der Waals surface area contributed by atoms with E-state index < -0.39 is 24.1 Å². The molecule has 3 atom stereocenters. The summed E-state index contributed by atoms with van der Waals surface area (Å²) < 4.78 is 4.63. The summed E-state index contributed by atoms with van der Waals surface area (Å²) in [5.74, 6) is -1.55. The topological polar surface area (TPSA) is 83.8 Å². The molecule has 5 nitrogen and oxygen atoms in total. The summed E-state index contributed by atoms with van der Waals surface area (Å²) >= 11 is 0. The zero-order valence-electron chi connectivity index (χ0n) is 7.05. The predicted octanol–water partition coefficient (Wildman–Crippen LogP) is -0.226. The fourth-order valence-electron chi connectivity index (χ4n) is 1.63. The molecule has 1 fully saturated rings. The number of rotatable bonds is 3. The Labute approximate surface area is 75.3 Å². The van der Waals surface area contributed by atoms with Gasteiger partial charge in [-0.05, 0) is 12.8 Å². The quantitative estimate of drug-likeness (QED) is 0.598. The van der Waals surface area contributed by atoms with Gasteiger partial charge in [-0.2, -0.15) is 0 Å². The zero-order valence-corrected chi connectivity index (χ0v) is 7.05. The lowest BCUT2D eigenvalue weighted by Gasteiger charge is -2.28. The Bertz CT molecular complexity index is 203. The molecule has 0 aromatic heterocycles. The molecule has 0 amide bonds. The Kier molecular flexibility index (Phi) is 3.25. The van der Waals surface area contributed by atoms with Crippen molar-refractivity contribution >= 4 is 12.4 Å². The first-order valence-electron chi connectivity index (χ1n) is 4.13. The van der Waals surface area contributed by atoms with Gasteiger partial charge in [0.05, 0.1) is 12.0 Å². The lowest BCUT2D eigenvalue weighted by atomic mass is 9.85. The van der Waals surface area contributed by atoms with E-state index in [9.17, 15) is 14.7 Å². The van der Waals surface area contributed by atoms with Crippen molar-refractivity contribution in [3.05, 3.63) is 0 Å². The number of aliphatic carboxylic acids is 1. The van der Waals surface area contributed by atoms with Gasteiger partial charge in [0.1, 0.15) is 6.10 Å². The van der Waals surface area contributed by atoms with Gasteiger partial charge in [0.2, 0.25) is 0 Å². The van der Waals surface area contributed by atoms with Crippen molar-refractivity contribution in [2.24, 2.45) is 5.92 Å². The van der Waals surface area contributed by atoms with Crippen LogP contribution in [0.4, 0.5) is 0 Å². The summed E-state index contributed by atoms with van der Waals surface area (Å²) in [6.45, 7) is 0.293. The standard InChI is InChI=1S/C8H12O5/c9-4-13-7-2-5(8(11)12)1-6(10)3-7/h4-7,10H,1-3H2,(H,11,12). The van der Waals surface area contributed by atoms with Crippen LogP contribution in [-0.2, 0) is 14.3 Å². The summed E-state index contributed by atoms with van der Waals surface area (Å²) in [7, 11) is 0. The first kappa shape index (κ1) is 9.98. The molecule has 5 heteroatoms. The van der Waals surface area contributed by atoms with Crippen LogP contribution >= 0.6 is 0 Å². The van der Waals surface area contributed by atoms with Crippen molar-refractivity contribution in [1.29, 1.82) is 0 Å². The smallest absolute Gasteiger partial charge is 0.306 e. The molecule has 74 valence electrons. The molecule has 0 saturated heterocycles. The van der Waals surface area contributed by atoms with E-state index in [1.807, 2.05) is 0 Å². The van der Waals surface area contributed by atoms with Gasteiger partial charge in [-0.3, -0.25) is 9.59 Å². The summed E-state index contributed by atoms with van der Waals surface area (Å²) in [4.78, 5) is 20.6. The van der Waals surface area contributed by atoms with E-state index in [1.54, 1.807) is 0 Å². The Morgan fingerprint density at radius 1 is 1.38 bits per heavy atom. The van der Waals surface area contributed by atoms with E-state index in [2.05, 4.69) is 4.74 Å². The molecular weight excluding hydrogens is 176 g/mol. The molecule has 1 rings (SSSR count). The maximum atomic E-state index is 10.6. The van der Waals surface area contributed by atoms with Crippen LogP contribution in [0.1, 0.15) is 19.3 Å². The third kappa shape index (κ3) is 2.69. The zero-order chi connectivity index (χ0) is 9.84. The molecule has 0 aromatic rings. The Morgan fingerprint density at radius 3 is 2.62 bits per heavy atom. The summed E-state index contributed by atoms with van der Waals surface area (Å²) in [5.41, 5.74) is 0. The molecule has 0 spiro atoms. The number of carbonyl (C=O) groups excluding carboxylic acids is 1. The number of aliphatic hydroxyl groups is 1. The molecule has 0 heterocycles. The first-order chi connectivity index (χ1) is 6.13. The van der Waals surface area contributed by atoms with E-state index in [4.69, 9.17) is 5.11 Å². The second kappa shape index (κ2) is 4.23.